The fourth-order valence-electron chi connectivity index (χ4n) is 3.84. The van der Waals surface area contributed by atoms with Gasteiger partial charge in [0.2, 0.25) is 5.91 Å². The van der Waals surface area contributed by atoms with Crippen LogP contribution in [0.2, 0.25) is 0 Å². The highest BCUT2D eigenvalue weighted by Crippen LogP contribution is 2.29. The lowest BCUT2D eigenvalue weighted by Crippen LogP contribution is -2.29. The van der Waals surface area contributed by atoms with Crippen molar-refractivity contribution in [2.75, 3.05) is 19.7 Å². The third-order valence-electron chi connectivity index (χ3n) is 5.37. The molecule has 2 atom stereocenters. The van der Waals surface area contributed by atoms with Crippen LogP contribution in [-0.2, 0) is 4.79 Å². The molecule has 1 saturated heterocycles. The van der Waals surface area contributed by atoms with Gasteiger partial charge in [-0.2, -0.15) is 0 Å². The summed E-state index contributed by atoms with van der Waals surface area (Å²) >= 11 is 0. The van der Waals surface area contributed by atoms with Gasteiger partial charge in [-0.3, -0.25) is 9.59 Å². The minimum absolute atomic E-state index is 0.180. The van der Waals surface area contributed by atoms with Crippen molar-refractivity contribution < 1.29 is 29.3 Å². The standard InChI is InChI=1S/C22H21N3O6/c23-21(29)15-3-6-17-14(9-15)7-8-25(17)18-10-24(11-19(18)26)22(30)13-1-4-16(5-2-13)31-12-20(27)28/h1-9,18-19,26H,10-12H2,(H2,23,29)(H,27,28)/t18-,19-/m1/s1. The highest BCUT2D eigenvalue weighted by atomic mass is 16.5. The predicted molar refractivity (Wildman–Crippen MR) is 111 cm³/mol. The number of fused-ring (bicyclic) bond motifs is 1. The summed E-state index contributed by atoms with van der Waals surface area (Å²) in [4.78, 5) is 36.4. The molecule has 1 aliphatic heterocycles. The molecule has 3 aromatic rings. The lowest BCUT2D eigenvalue weighted by Gasteiger charge is -2.18. The molecule has 2 amide bonds. The summed E-state index contributed by atoms with van der Waals surface area (Å²) in [5.41, 5.74) is 7.00. The Labute approximate surface area is 177 Å². The van der Waals surface area contributed by atoms with Gasteiger partial charge in [-0.1, -0.05) is 0 Å². The van der Waals surface area contributed by atoms with Crippen LogP contribution in [0.3, 0.4) is 0 Å². The Balaban J connectivity index is 1.50. The van der Waals surface area contributed by atoms with E-state index in [1.54, 1.807) is 35.2 Å². The molecule has 2 aromatic carbocycles. The van der Waals surface area contributed by atoms with Crippen molar-refractivity contribution >= 4 is 28.7 Å². The first kappa shape index (κ1) is 20.4. The van der Waals surface area contributed by atoms with Crippen LogP contribution in [0.25, 0.3) is 10.9 Å². The first-order chi connectivity index (χ1) is 14.8. The van der Waals surface area contributed by atoms with Crippen LogP contribution in [0.1, 0.15) is 26.8 Å². The van der Waals surface area contributed by atoms with Crippen LogP contribution in [0.5, 0.6) is 5.75 Å². The summed E-state index contributed by atoms with van der Waals surface area (Å²) in [6, 6.07) is 12.8. The predicted octanol–water partition coefficient (Wildman–Crippen LogP) is 1.26. The van der Waals surface area contributed by atoms with Crippen molar-refractivity contribution in [3.05, 3.63) is 65.9 Å². The summed E-state index contributed by atoms with van der Waals surface area (Å²) in [5, 5.41) is 20.1. The van der Waals surface area contributed by atoms with Crippen molar-refractivity contribution in [3.63, 3.8) is 0 Å². The van der Waals surface area contributed by atoms with E-state index in [0.29, 0.717) is 23.4 Å². The molecule has 0 radical (unpaired) electrons. The number of carboxylic acid groups (broad SMARTS) is 1. The molecule has 0 spiro atoms. The Bertz CT molecular complexity index is 1150. The van der Waals surface area contributed by atoms with Gasteiger partial charge in [0.05, 0.1) is 12.1 Å². The van der Waals surface area contributed by atoms with Gasteiger partial charge in [-0.25, -0.2) is 4.79 Å². The first-order valence-corrected chi connectivity index (χ1v) is 9.66. The number of aliphatic hydroxyl groups excluding tert-OH is 1. The zero-order valence-corrected chi connectivity index (χ0v) is 16.5. The molecule has 9 heteroatoms. The summed E-state index contributed by atoms with van der Waals surface area (Å²) in [7, 11) is 0. The van der Waals surface area contributed by atoms with E-state index in [1.807, 2.05) is 16.8 Å². The molecule has 0 unspecified atom stereocenters. The van der Waals surface area contributed by atoms with Gasteiger partial charge in [0, 0.05) is 41.3 Å². The van der Waals surface area contributed by atoms with Crippen molar-refractivity contribution in [1.82, 2.24) is 9.47 Å². The van der Waals surface area contributed by atoms with Crippen molar-refractivity contribution in [2.45, 2.75) is 12.1 Å². The highest BCUT2D eigenvalue weighted by Gasteiger charge is 2.36. The Kier molecular flexibility index (Phi) is 5.35. The number of nitrogens with zero attached hydrogens (tertiary/aromatic N) is 2. The van der Waals surface area contributed by atoms with Crippen molar-refractivity contribution in [3.8, 4) is 5.75 Å². The number of carbonyl (C=O) groups excluding carboxylic acids is 2. The van der Waals surface area contributed by atoms with E-state index < -0.39 is 24.6 Å². The molecule has 160 valence electrons. The van der Waals surface area contributed by atoms with Crippen LogP contribution in [-0.4, -0.2) is 63.3 Å². The normalized spacial score (nSPS) is 18.3. The first-order valence-electron chi connectivity index (χ1n) is 9.66. The van der Waals surface area contributed by atoms with Crippen LogP contribution in [0, 0.1) is 0 Å². The number of benzene rings is 2. The Morgan fingerprint density at radius 2 is 1.74 bits per heavy atom. The van der Waals surface area contributed by atoms with Crippen LogP contribution in [0.4, 0.5) is 0 Å². The lowest BCUT2D eigenvalue weighted by atomic mass is 10.1. The largest absolute Gasteiger partial charge is 0.482 e. The SMILES string of the molecule is NC(=O)c1ccc2c(ccn2[C@@H]2CN(C(=O)c3ccc(OCC(=O)O)cc3)C[C@H]2O)c1. The maximum Gasteiger partial charge on any atom is 0.341 e. The second-order valence-corrected chi connectivity index (χ2v) is 7.41. The number of ether oxygens (including phenoxy) is 1. The third-order valence-corrected chi connectivity index (χ3v) is 5.37. The number of carbonyl (C=O) groups is 3. The molecule has 0 bridgehead atoms. The van der Waals surface area contributed by atoms with E-state index in [4.69, 9.17) is 15.6 Å². The van der Waals surface area contributed by atoms with Gasteiger partial charge in [0.25, 0.3) is 5.91 Å². The van der Waals surface area contributed by atoms with E-state index >= 15 is 0 Å². The van der Waals surface area contributed by atoms with E-state index in [2.05, 4.69) is 0 Å². The van der Waals surface area contributed by atoms with E-state index in [0.717, 1.165) is 10.9 Å². The second-order valence-electron chi connectivity index (χ2n) is 7.41. The highest BCUT2D eigenvalue weighted by molar-refractivity contribution is 5.97. The Morgan fingerprint density at radius 3 is 2.42 bits per heavy atom. The molecule has 2 heterocycles. The Morgan fingerprint density at radius 1 is 1.03 bits per heavy atom. The minimum atomic E-state index is -1.08. The Hall–Kier alpha value is -3.85. The molecular formula is C22H21N3O6. The van der Waals surface area contributed by atoms with Gasteiger partial charge in [0.1, 0.15) is 5.75 Å². The summed E-state index contributed by atoms with van der Waals surface area (Å²) in [6.45, 7) is 0.0392. The van der Waals surface area contributed by atoms with E-state index in [1.165, 1.54) is 12.1 Å². The maximum absolute atomic E-state index is 12.9. The lowest BCUT2D eigenvalue weighted by molar-refractivity contribution is -0.139. The van der Waals surface area contributed by atoms with Gasteiger partial charge in [-0.05, 0) is 48.5 Å². The molecule has 1 aromatic heterocycles. The number of amides is 2. The number of carboxylic acids is 1. The number of aliphatic carboxylic acids is 1. The quantitative estimate of drug-likeness (QED) is 0.546. The number of aliphatic hydroxyl groups is 1. The van der Waals surface area contributed by atoms with Gasteiger partial charge < -0.3 is 30.2 Å². The summed E-state index contributed by atoms with van der Waals surface area (Å²) < 4.78 is 6.98. The molecule has 1 aliphatic rings. The average molecular weight is 423 g/mol. The molecule has 9 nitrogen and oxygen atoms in total. The molecule has 31 heavy (non-hydrogen) atoms. The average Bonchev–Trinajstić information content (AvgIpc) is 3.34. The molecule has 0 saturated carbocycles. The maximum atomic E-state index is 12.9. The number of nitrogens with two attached hydrogens (primary N) is 1. The third kappa shape index (κ3) is 4.08. The number of hydrogen-bond acceptors (Lipinski definition) is 5. The van der Waals surface area contributed by atoms with Crippen LogP contribution >= 0.6 is 0 Å². The van der Waals surface area contributed by atoms with Gasteiger partial charge >= 0.3 is 5.97 Å². The second kappa shape index (κ2) is 8.11. The van der Waals surface area contributed by atoms with E-state index in [9.17, 15) is 19.5 Å². The number of β-amino-alcohol motifs (C(OH)–C–C–N with tert-alkyl or cyclic N) is 1. The molecule has 4 rings (SSSR count). The number of hydrogen-bond donors (Lipinski definition) is 3. The summed E-state index contributed by atoms with van der Waals surface area (Å²) in [5.74, 6) is -1.47. The fourth-order valence-corrected chi connectivity index (χ4v) is 3.84. The van der Waals surface area contributed by atoms with Crippen molar-refractivity contribution in [1.29, 1.82) is 0 Å². The number of aromatic nitrogens is 1. The molecule has 1 fully saturated rings. The number of likely N-dealkylation sites (tertiary alicyclic amines) is 1. The minimum Gasteiger partial charge on any atom is -0.482 e. The van der Waals surface area contributed by atoms with Crippen LogP contribution < -0.4 is 10.5 Å². The molecular weight excluding hydrogens is 402 g/mol. The zero-order chi connectivity index (χ0) is 22.1. The van der Waals surface area contributed by atoms with Crippen molar-refractivity contribution in [2.24, 2.45) is 5.73 Å². The molecule has 0 aliphatic carbocycles. The summed E-state index contributed by atoms with van der Waals surface area (Å²) in [6.07, 6.45) is 1.07. The zero-order valence-electron chi connectivity index (χ0n) is 16.5. The monoisotopic (exact) mass is 423 g/mol. The van der Waals surface area contributed by atoms with Gasteiger partial charge in [-0.15, -0.1) is 0 Å². The van der Waals surface area contributed by atoms with Gasteiger partial charge in [0.15, 0.2) is 6.61 Å². The smallest absolute Gasteiger partial charge is 0.341 e. The molecule has 4 N–H and O–H groups in total. The van der Waals surface area contributed by atoms with Crippen LogP contribution in [0.15, 0.2) is 54.7 Å². The number of rotatable bonds is 6. The topological polar surface area (TPSA) is 135 Å². The number of primary amides is 1. The fraction of sp³-hybridized carbons (Fsp3) is 0.227. The van der Waals surface area contributed by atoms with E-state index in [-0.39, 0.29) is 18.5 Å².